The Kier molecular flexibility index (Phi) is 9.27. The fourth-order valence-electron chi connectivity index (χ4n) is 3.40. The second-order valence-corrected chi connectivity index (χ2v) is 8.85. The number of pyridine rings is 1. The molecule has 0 aliphatic rings. The molecule has 4 N–H and O–H groups in total. The van der Waals surface area contributed by atoms with Crippen LogP contribution in [0.1, 0.15) is 16.7 Å². The Bertz CT molecular complexity index is 1110. The van der Waals surface area contributed by atoms with Crippen LogP contribution < -0.4 is 16.4 Å². The minimum absolute atomic E-state index is 0.141. The lowest BCUT2D eigenvalue weighted by atomic mass is 10.0. The molecule has 178 valence electrons. The van der Waals surface area contributed by atoms with Crippen molar-refractivity contribution in [2.75, 3.05) is 19.3 Å². The van der Waals surface area contributed by atoms with Crippen molar-refractivity contribution in [3.8, 4) is 0 Å². The van der Waals surface area contributed by atoms with Crippen molar-refractivity contribution in [2.24, 2.45) is 0 Å². The quantitative estimate of drug-likeness (QED) is 0.396. The highest BCUT2D eigenvalue weighted by Crippen LogP contribution is 2.23. The summed E-state index contributed by atoms with van der Waals surface area (Å²) < 4.78 is 0. The van der Waals surface area contributed by atoms with E-state index in [1.807, 2.05) is 42.3 Å². The van der Waals surface area contributed by atoms with E-state index in [1.54, 1.807) is 36.5 Å². The molecule has 3 rings (SSSR count). The van der Waals surface area contributed by atoms with Gasteiger partial charge in [0.25, 0.3) is 0 Å². The molecule has 0 saturated heterocycles. The average molecular weight is 500 g/mol. The number of halogens is 2. The van der Waals surface area contributed by atoms with E-state index in [4.69, 9.17) is 28.9 Å². The summed E-state index contributed by atoms with van der Waals surface area (Å²) in [6, 6.07) is 17.7. The standard InChI is InChI=1S/C25H27Cl2N5O2/c1-32(15-17-5-3-2-4-6-17)16-24(33)31-22(12-18-7-9-20(26)21(27)11-18)25(34)30-14-19-8-10-23(28)29-13-19/h2-11,13,22H,12,14-16H2,1H3,(H2,28,29)(H,30,34)(H,31,33)/t22-/m0/s1. The number of likely N-dealkylation sites (N-methyl/N-ethyl adjacent to an activating group) is 1. The van der Waals surface area contributed by atoms with Gasteiger partial charge in [-0.1, -0.05) is 65.7 Å². The molecule has 2 aromatic carbocycles. The lowest BCUT2D eigenvalue weighted by Crippen LogP contribution is -2.50. The van der Waals surface area contributed by atoms with Gasteiger partial charge in [0.15, 0.2) is 0 Å². The first kappa shape index (κ1) is 25.5. The van der Waals surface area contributed by atoms with Gasteiger partial charge in [-0.3, -0.25) is 14.5 Å². The summed E-state index contributed by atoms with van der Waals surface area (Å²) in [5, 5.41) is 6.53. The van der Waals surface area contributed by atoms with E-state index in [0.717, 1.165) is 16.7 Å². The summed E-state index contributed by atoms with van der Waals surface area (Å²) in [5.41, 5.74) is 8.29. The molecule has 0 bridgehead atoms. The summed E-state index contributed by atoms with van der Waals surface area (Å²) in [7, 11) is 1.86. The van der Waals surface area contributed by atoms with Gasteiger partial charge in [-0.15, -0.1) is 0 Å². The molecular weight excluding hydrogens is 473 g/mol. The van der Waals surface area contributed by atoms with Crippen molar-refractivity contribution in [3.05, 3.63) is 93.6 Å². The molecule has 34 heavy (non-hydrogen) atoms. The first-order valence-electron chi connectivity index (χ1n) is 10.7. The first-order valence-corrected chi connectivity index (χ1v) is 11.5. The molecule has 0 saturated carbocycles. The molecule has 7 nitrogen and oxygen atoms in total. The van der Waals surface area contributed by atoms with Crippen molar-refractivity contribution >= 4 is 40.8 Å². The molecule has 0 radical (unpaired) electrons. The van der Waals surface area contributed by atoms with Crippen LogP contribution in [0, 0.1) is 0 Å². The number of carbonyl (C=O) groups is 2. The number of benzene rings is 2. The Morgan fingerprint density at radius 3 is 2.41 bits per heavy atom. The van der Waals surface area contributed by atoms with Crippen LogP contribution in [0.4, 0.5) is 5.82 Å². The summed E-state index contributed by atoms with van der Waals surface area (Å²) in [6.45, 7) is 1.01. The second-order valence-electron chi connectivity index (χ2n) is 8.04. The van der Waals surface area contributed by atoms with Gasteiger partial charge in [-0.25, -0.2) is 4.98 Å². The fourth-order valence-corrected chi connectivity index (χ4v) is 3.72. The molecule has 3 aromatic rings. The number of rotatable bonds is 10. The number of anilines is 1. The van der Waals surface area contributed by atoms with E-state index in [9.17, 15) is 9.59 Å². The highest BCUT2D eigenvalue weighted by molar-refractivity contribution is 6.42. The summed E-state index contributed by atoms with van der Waals surface area (Å²) in [4.78, 5) is 31.7. The predicted molar refractivity (Wildman–Crippen MR) is 135 cm³/mol. The van der Waals surface area contributed by atoms with Crippen LogP contribution in [0.15, 0.2) is 66.9 Å². The lowest BCUT2D eigenvalue weighted by Gasteiger charge is -2.21. The molecule has 0 spiro atoms. The first-order chi connectivity index (χ1) is 16.3. The minimum Gasteiger partial charge on any atom is -0.384 e. The van der Waals surface area contributed by atoms with E-state index in [1.165, 1.54) is 0 Å². The second kappa shape index (κ2) is 12.4. The van der Waals surface area contributed by atoms with E-state index < -0.39 is 6.04 Å². The minimum atomic E-state index is -0.795. The van der Waals surface area contributed by atoms with Gasteiger partial charge < -0.3 is 16.4 Å². The van der Waals surface area contributed by atoms with Crippen LogP contribution in [-0.4, -0.2) is 41.3 Å². The number of nitrogens with zero attached hydrogens (tertiary/aromatic N) is 2. The highest BCUT2D eigenvalue weighted by atomic mass is 35.5. The monoisotopic (exact) mass is 499 g/mol. The number of aromatic nitrogens is 1. The van der Waals surface area contributed by atoms with Crippen molar-refractivity contribution < 1.29 is 9.59 Å². The zero-order valence-electron chi connectivity index (χ0n) is 18.8. The maximum Gasteiger partial charge on any atom is 0.243 e. The van der Waals surface area contributed by atoms with Crippen molar-refractivity contribution in [3.63, 3.8) is 0 Å². The maximum atomic E-state index is 13.0. The molecule has 0 aliphatic carbocycles. The van der Waals surface area contributed by atoms with Crippen LogP contribution in [0.25, 0.3) is 0 Å². The Hall–Kier alpha value is -3.13. The predicted octanol–water partition coefficient (Wildman–Crippen LogP) is 3.45. The van der Waals surface area contributed by atoms with Gasteiger partial charge in [0, 0.05) is 25.7 Å². The van der Waals surface area contributed by atoms with Gasteiger partial charge in [0.05, 0.1) is 16.6 Å². The molecular formula is C25H27Cl2N5O2. The summed E-state index contributed by atoms with van der Waals surface area (Å²) >= 11 is 12.2. The highest BCUT2D eigenvalue weighted by Gasteiger charge is 2.22. The number of hydrogen-bond acceptors (Lipinski definition) is 5. The molecule has 2 amide bonds. The van der Waals surface area contributed by atoms with Gasteiger partial charge in [-0.2, -0.15) is 0 Å². The van der Waals surface area contributed by atoms with Crippen LogP contribution in [-0.2, 0) is 29.1 Å². The van der Waals surface area contributed by atoms with Crippen molar-refractivity contribution in [2.45, 2.75) is 25.6 Å². The Morgan fingerprint density at radius 1 is 1.00 bits per heavy atom. The zero-order chi connectivity index (χ0) is 24.5. The maximum absolute atomic E-state index is 13.0. The Labute approximate surface area is 209 Å². The Balaban J connectivity index is 1.65. The van der Waals surface area contributed by atoms with Gasteiger partial charge in [0.1, 0.15) is 11.9 Å². The normalized spacial score (nSPS) is 11.8. The molecule has 9 heteroatoms. The van der Waals surface area contributed by atoms with E-state index in [-0.39, 0.29) is 31.3 Å². The van der Waals surface area contributed by atoms with Crippen molar-refractivity contribution in [1.82, 2.24) is 20.5 Å². The van der Waals surface area contributed by atoms with Crippen molar-refractivity contribution in [1.29, 1.82) is 0 Å². The molecule has 1 aromatic heterocycles. The van der Waals surface area contributed by atoms with Crippen LogP contribution in [0.5, 0.6) is 0 Å². The van der Waals surface area contributed by atoms with Crippen LogP contribution >= 0.6 is 23.2 Å². The average Bonchev–Trinajstić information content (AvgIpc) is 2.81. The SMILES string of the molecule is CN(CC(=O)N[C@@H](Cc1ccc(Cl)c(Cl)c1)C(=O)NCc1ccc(N)nc1)Cc1ccccc1. The number of hydrogen-bond donors (Lipinski definition) is 3. The number of carbonyl (C=O) groups excluding carboxylic acids is 2. The van der Waals surface area contributed by atoms with Gasteiger partial charge in [0.2, 0.25) is 11.8 Å². The van der Waals surface area contributed by atoms with Gasteiger partial charge in [-0.05, 0) is 41.9 Å². The third-order valence-corrected chi connectivity index (χ3v) is 5.84. The topological polar surface area (TPSA) is 100 Å². The molecule has 0 fully saturated rings. The number of nitrogens with one attached hydrogen (secondary N) is 2. The molecule has 0 unspecified atom stereocenters. The largest absolute Gasteiger partial charge is 0.384 e. The zero-order valence-corrected chi connectivity index (χ0v) is 20.3. The number of amides is 2. The smallest absolute Gasteiger partial charge is 0.243 e. The third-order valence-electron chi connectivity index (χ3n) is 5.10. The van der Waals surface area contributed by atoms with E-state index in [0.29, 0.717) is 22.4 Å². The van der Waals surface area contributed by atoms with Gasteiger partial charge >= 0.3 is 0 Å². The fraction of sp³-hybridized carbons (Fsp3) is 0.240. The molecule has 0 aliphatic heterocycles. The number of nitrogens with two attached hydrogens (primary N) is 1. The molecule has 1 atom stereocenters. The molecule has 1 heterocycles. The number of nitrogen functional groups attached to an aromatic ring is 1. The van der Waals surface area contributed by atoms with E-state index >= 15 is 0 Å². The van der Waals surface area contributed by atoms with Crippen LogP contribution in [0.3, 0.4) is 0 Å². The summed E-state index contributed by atoms with van der Waals surface area (Å²) in [5.74, 6) is -0.172. The third kappa shape index (κ3) is 8.02. The Morgan fingerprint density at radius 2 is 1.74 bits per heavy atom. The van der Waals surface area contributed by atoms with E-state index in [2.05, 4.69) is 15.6 Å². The lowest BCUT2D eigenvalue weighted by molar-refractivity contribution is -0.129. The van der Waals surface area contributed by atoms with Crippen LogP contribution in [0.2, 0.25) is 10.0 Å². The summed E-state index contributed by atoms with van der Waals surface area (Å²) in [6.07, 6.45) is 1.86.